The highest BCUT2D eigenvalue weighted by Crippen LogP contribution is 2.20. The van der Waals surface area contributed by atoms with E-state index in [1.807, 2.05) is 39.2 Å². The fourth-order valence-electron chi connectivity index (χ4n) is 2.88. The Morgan fingerprint density at radius 3 is 2.87 bits per heavy atom. The van der Waals surface area contributed by atoms with Crippen LogP contribution in [-0.4, -0.2) is 55.3 Å². The Balaban J connectivity index is 1.81. The van der Waals surface area contributed by atoms with Gasteiger partial charge in [0.05, 0.1) is 5.92 Å². The highest BCUT2D eigenvalue weighted by molar-refractivity contribution is 5.89. The molecular weight excluding hydrogens is 290 g/mol. The predicted octanol–water partition coefficient (Wildman–Crippen LogP) is 1.41. The lowest BCUT2D eigenvalue weighted by molar-refractivity contribution is -0.129. The van der Waals surface area contributed by atoms with Crippen molar-refractivity contribution in [2.45, 2.75) is 26.3 Å². The first-order chi connectivity index (χ1) is 11.0. The van der Waals surface area contributed by atoms with Crippen molar-refractivity contribution in [2.24, 2.45) is 5.92 Å². The molecule has 0 radical (unpaired) electrons. The van der Waals surface area contributed by atoms with Gasteiger partial charge in [0.2, 0.25) is 11.8 Å². The second kappa shape index (κ2) is 8.11. The first kappa shape index (κ1) is 17.5. The molecule has 0 aliphatic carbocycles. The molecule has 5 nitrogen and oxygen atoms in total. The van der Waals surface area contributed by atoms with Crippen LogP contribution in [0.4, 0.5) is 0 Å². The van der Waals surface area contributed by atoms with E-state index in [1.54, 1.807) is 4.90 Å². The molecule has 1 aliphatic rings. The van der Waals surface area contributed by atoms with Crippen molar-refractivity contribution in [3.05, 3.63) is 35.4 Å². The maximum Gasteiger partial charge on any atom is 0.225 e. The second-order valence-electron chi connectivity index (χ2n) is 6.61. The van der Waals surface area contributed by atoms with E-state index in [9.17, 15) is 9.59 Å². The van der Waals surface area contributed by atoms with Crippen LogP contribution in [0.25, 0.3) is 0 Å². The molecule has 1 atom stereocenters. The van der Waals surface area contributed by atoms with Gasteiger partial charge in [0.15, 0.2) is 0 Å². The summed E-state index contributed by atoms with van der Waals surface area (Å²) >= 11 is 0. The molecule has 2 amide bonds. The van der Waals surface area contributed by atoms with E-state index in [-0.39, 0.29) is 17.7 Å². The molecule has 1 aliphatic heterocycles. The highest BCUT2D eigenvalue weighted by Gasteiger charge is 2.33. The van der Waals surface area contributed by atoms with Crippen LogP contribution in [0.15, 0.2) is 24.3 Å². The van der Waals surface area contributed by atoms with Gasteiger partial charge in [0.1, 0.15) is 0 Å². The van der Waals surface area contributed by atoms with Gasteiger partial charge in [-0.2, -0.15) is 0 Å². The molecule has 1 fully saturated rings. The normalized spacial score (nSPS) is 17.8. The fourth-order valence-corrected chi connectivity index (χ4v) is 2.88. The number of hydrogen-bond donors (Lipinski definition) is 1. The van der Waals surface area contributed by atoms with Gasteiger partial charge in [-0.15, -0.1) is 0 Å². The van der Waals surface area contributed by atoms with Crippen molar-refractivity contribution in [1.29, 1.82) is 0 Å². The van der Waals surface area contributed by atoms with E-state index in [0.717, 1.165) is 18.5 Å². The smallest absolute Gasteiger partial charge is 0.225 e. The second-order valence-corrected chi connectivity index (χ2v) is 6.61. The quantitative estimate of drug-likeness (QED) is 0.774. The predicted molar refractivity (Wildman–Crippen MR) is 90.9 cm³/mol. The van der Waals surface area contributed by atoms with Crippen molar-refractivity contribution in [2.75, 3.05) is 33.7 Å². The zero-order chi connectivity index (χ0) is 16.8. The van der Waals surface area contributed by atoms with Crippen LogP contribution in [0.5, 0.6) is 0 Å². The molecule has 5 heteroatoms. The first-order valence-corrected chi connectivity index (χ1v) is 8.21. The van der Waals surface area contributed by atoms with Crippen molar-refractivity contribution in [3.63, 3.8) is 0 Å². The third-order valence-corrected chi connectivity index (χ3v) is 4.12. The van der Waals surface area contributed by atoms with Gasteiger partial charge in [-0.1, -0.05) is 29.8 Å². The lowest BCUT2D eigenvalue weighted by atomic mass is 10.1. The fraction of sp³-hybridized carbons (Fsp3) is 0.556. The molecule has 23 heavy (non-hydrogen) atoms. The number of aryl methyl sites for hydroxylation is 1. The van der Waals surface area contributed by atoms with Gasteiger partial charge < -0.3 is 15.1 Å². The van der Waals surface area contributed by atoms with Crippen molar-refractivity contribution < 1.29 is 9.59 Å². The Kier molecular flexibility index (Phi) is 6.16. The van der Waals surface area contributed by atoms with Crippen LogP contribution >= 0.6 is 0 Å². The summed E-state index contributed by atoms with van der Waals surface area (Å²) in [6, 6.07) is 8.15. The Labute approximate surface area is 138 Å². The van der Waals surface area contributed by atoms with Gasteiger partial charge in [0, 0.05) is 26.1 Å². The maximum absolute atomic E-state index is 12.2. The SMILES string of the molecule is Cc1cccc(CN2CC(C(=O)NCCCN(C)C)CC2=O)c1. The Bertz CT molecular complexity index is 557. The standard InChI is InChI=1S/C18H27N3O2/c1-14-6-4-7-15(10-14)12-21-13-16(11-17(21)22)18(23)19-8-5-9-20(2)3/h4,6-7,10,16H,5,8-9,11-13H2,1-3H3,(H,19,23). The number of nitrogens with one attached hydrogen (secondary N) is 1. The third kappa shape index (κ3) is 5.36. The Morgan fingerprint density at radius 1 is 1.39 bits per heavy atom. The summed E-state index contributed by atoms with van der Waals surface area (Å²) in [5.41, 5.74) is 2.30. The number of carbonyl (C=O) groups is 2. The number of likely N-dealkylation sites (tertiary alicyclic amines) is 1. The average molecular weight is 317 g/mol. The number of nitrogens with zero attached hydrogens (tertiary/aromatic N) is 2. The summed E-state index contributed by atoms with van der Waals surface area (Å²) in [6.45, 7) is 4.76. The number of carbonyl (C=O) groups excluding carboxylic acids is 2. The summed E-state index contributed by atoms with van der Waals surface area (Å²) in [4.78, 5) is 28.2. The molecule has 0 bridgehead atoms. The van der Waals surface area contributed by atoms with Crippen LogP contribution in [0.2, 0.25) is 0 Å². The van der Waals surface area contributed by atoms with E-state index in [4.69, 9.17) is 0 Å². The van der Waals surface area contributed by atoms with Gasteiger partial charge in [-0.3, -0.25) is 9.59 Å². The topological polar surface area (TPSA) is 52.7 Å². The van der Waals surface area contributed by atoms with Gasteiger partial charge in [-0.05, 0) is 39.5 Å². The molecule has 0 saturated carbocycles. The lowest BCUT2D eigenvalue weighted by Crippen LogP contribution is -2.34. The van der Waals surface area contributed by atoms with Crippen LogP contribution in [0.1, 0.15) is 24.0 Å². The zero-order valence-electron chi connectivity index (χ0n) is 14.3. The van der Waals surface area contributed by atoms with Crippen LogP contribution in [0.3, 0.4) is 0 Å². The number of amides is 2. The summed E-state index contributed by atoms with van der Waals surface area (Å²) in [6.07, 6.45) is 1.25. The lowest BCUT2D eigenvalue weighted by Gasteiger charge is -2.17. The molecule has 0 spiro atoms. The average Bonchev–Trinajstić information content (AvgIpc) is 2.84. The largest absolute Gasteiger partial charge is 0.356 e. The molecule has 1 unspecified atom stereocenters. The molecular formula is C18H27N3O2. The van der Waals surface area contributed by atoms with E-state index >= 15 is 0 Å². The van der Waals surface area contributed by atoms with E-state index in [2.05, 4.69) is 16.3 Å². The molecule has 126 valence electrons. The minimum atomic E-state index is -0.216. The molecule has 1 aromatic rings. The van der Waals surface area contributed by atoms with Crippen molar-refractivity contribution in [1.82, 2.24) is 15.1 Å². The van der Waals surface area contributed by atoms with Crippen LogP contribution in [0, 0.1) is 12.8 Å². The number of benzene rings is 1. The van der Waals surface area contributed by atoms with Gasteiger partial charge in [-0.25, -0.2) is 0 Å². The van der Waals surface area contributed by atoms with Crippen molar-refractivity contribution >= 4 is 11.8 Å². The first-order valence-electron chi connectivity index (χ1n) is 8.21. The van der Waals surface area contributed by atoms with E-state index < -0.39 is 0 Å². The Morgan fingerprint density at radius 2 is 2.17 bits per heavy atom. The summed E-state index contributed by atoms with van der Waals surface area (Å²) in [5, 5.41) is 2.95. The molecule has 1 aromatic carbocycles. The van der Waals surface area contributed by atoms with Crippen molar-refractivity contribution in [3.8, 4) is 0 Å². The van der Waals surface area contributed by atoms with Crippen LogP contribution < -0.4 is 5.32 Å². The number of rotatable bonds is 7. The van der Waals surface area contributed by atoms with E-state index in [1.165, 1.54) is 5.56 Å². The third-order valence-electron chi connectivity index (χ3n) is 4.12. The maximum atomic E-state index is 12.2. The summed E-state index contributed by atoms with van der Waals surface area (Å²) < 4.78 is 0. The van der Waals surface area contributed by atoms with Crippen LogP contribution in [-0.2, 0) is 16.1 Å². The highest BCUT2D eigenvalue weighted by atomic mass is 16.2. The molecule has 0 aromatic heterocycles. The molecule has 2 rings (SSSR count). The summed E-state index contributed by atoms with van der Waals surface area (Å²) in [5.74, 6) is -0.143. The minimum Gasteiger partial charge on any atom is -0.356 e. The van der Waals surface area contributed by atoms with Gasteiger partial charge >= 0.3 is 0 Å². The monoisotopic (exact) mass is 317 g/mol. The zero-order valence-corrected chi connectivity index (χ0v) is 14.3. The molecule has 1 N–H and O–H groups in total. The molecule has 1 saturated heterocycles. The summed E-state index contributed by atoms with van der Waals surface area (Å²) in [7, 11) is 4.03. The van der Waals surface area contributed by atoms with Gasteiger partial charge in [0.25, 0.3) is 0 Å². The van der Waals surface area contributed by atoms with E-state index in [0.29, 0.717) is 26.1 Å². The Hall–Kier alpha value is -1.88. The minimum absolute atomic E-state index is 0.00356. The molecule has 1 heterocycles. The number of hydrogen-bond acceptors (Lipinski definition) is 3.